The zero-order valence-electron chi connectivity index (χ0n) is 19.8. The van der Waals surface area contributed by atoms with Gasteiger partial charge in [0.1, 0.15) is 0 Å². The number of rotatable bonds is 5. The van der Waals surface area contributed by atoms with Crippen LogP contribution in [0.3, 0.4) is 0 Å². The fraction of sp³-hybridized carbons (Fsp3) is 0. The van der Waals surface area contributed by atoms with Gasteiger partial charge in [-0.15, -0.1) is 0 Å². The van der Waals surface area contributed by atoms with E-state index in [0.717, 1.165) is 39.5 Å². The van der Waals surface area contributed by atoms with Crippen molar-refractivity contribution in [2.24, 2.45) is 0 Å². The number of hydrogen-bond acceptors (Lipinski definition) is 2. The molecule has 0 N–H and O–H groups in total. The van der Waals surface area contributed by atoms with Gasteiger partial charge in [0.05, 0.1) is 11.4 Å². The second-order valence-corrected chi connectivity index (χ2v) is 8.72. The Morgan fingerprint density at radius 3 is 1.31 bits per heavy atom. The first kappa shape index (κ1) is 21.7. The highest BCUT2D eigenvalue weighted by atomic mass is 14.9. The molecule has 6 rings (SSSR count). The van der Waals surface area contributed by atoms with Crippen LogP contribution in [-0.4, -0.2) is 9.97 Å². The first-order chi connectivity index (χ1) is 17.8. The topological polar surface area (TPSA) is 25.8 Å². The molecule has 0 fully saturated rings. The van der Waals surface area contributed by atoms with Gasteiger partial charge in [0.2, 0.25) is 0 Å². The molecule has 0 atom stereocenters. The van der Waals surface area contributed by atoms with Crippen molar-refractivity contribution in [1.29, 1.82) is 0 Å². The zero-order valence-corrected chi connectivity index (χ0v) is 19.8. The van der Waals surface area contributed by atoms with E-state index in [9.17, 15) is 0 Å². The van der Waals surface area contributed by atoms with Gasteiger partial charge in [-0.2, -0.15) is 0 Å². The van der Waals surface area contributed by atoms with Gasteiger partial charge in [-0.3, -0.25) is 0 Å². The summed E-state index contributed by atoms with van der Waals surface area (Å²) in [6.07, 6.45) is 0. The van der Waals surface area contributed by atoms with Crippen LogP contribution in [0.25, 0.3) is 56.2 Å². The summed E-state index contributed by atoms with van der Waals surface area (Å²) in [4.78, 5) is 9.88. The lowest BCUT2D eigenvalue weighted by Gasteiger charge is -2.11. The minimum Gasteiger partial charge on any atom is -0.228 e. The van der Waals surface area contributed by atoms with Crippen molar-refractivity contribution in [3.8, 4) is 56.2 Å². The Balaban J connectivity index is 1.41. The van der Waals surface area contributed by atoms with Crippen molar-refractivity contribution in [3.63, 3.8) is 0 Å². The summed E-state index contributed by atoms with van der Waals surface area (Å²) in [5, 5.41) is 0. The SMILES string of the molecule is c1ccc(-c2ccc(-c3cccc(-c4cc(-c5ccccc5)nc(-c5ccccc5)n4)c3)cc2)cc1. The van der Waals surface area contributed by atoms with Crippen LogP contribution in [0.1, 0.15) is 0 Å². The normalized spacial score (nSPS) is 10.8. The molecule has 170 valence electrons. The molecule has 0 bridgehead atoms. The molecule has 2 nitrogen and oxygen atoms in total. The molecule has 0 saturated heterocycles. The first-order valence-corrected chi connectivity index (χ1v) is 12.1. The van der Waals surface area contributed by atoms with Gasteiger partial charge in [-0.25, -0.2) is 9.97 Å². The van der Waals surface area contributed by atoms with Crippen LogP contribution in [0.4, 0.5) is 0 Å². The van der Waals surface area contributed by atoms with E-state index < -0.39 is 0 Å². The van der Waals surface area contributed by atoms with Crippen LogP contribution in [-0.2, 0) is 0 Å². The second-order valence-electron chi connectivity index (χ2n) is 8.72. The molecule has 0 amide bonds. The minimum atomic E-state index is 0.726. The van der Waals surface area contributed by atoms with Gasteiger partial charge in [0.25, 0.3) is 0 Å². The largest absolute Gasteiger partial charge is 0.228 e. The fourth-order valence-corrected chi connectivity index (χ4v) is 4.41. The van der Waals surface area contributed by atoms with Gasteiger partial charge in [-0.1, -0.05) is 133 Å². The molecule has 6 aromatic rings. The maximum atomic E-state index is 4.98. The molecule has 0 unspecified atom stereocenters. The molecule has 0 aliphatic rings. The van der Waals surface area contributed by atoms with E-state index in [0.29, 0.717) is 0 Å². The Labute approximate surface area is 211 Å². The van der Waals surface area contributed by atoms with E-state index >= 15 is 0 Å². The number of benzene rings is 5. The number of nitrogens with zero attached hydrogens (tertiary/aromatic N) is 2. The summed E-state index contributed by atoms with van der Waals surface area (Å²) in [6, 6.07) is 50.3. The van der Waals surface area contributed by atoms with Crippen molar-refractivity contribution in [3.05, 3.63) is 146 Å². The number of aromatic nitrogens is 2. The summed E-state index contributed by atoms with van der Waals surface area (Å²) < 4.78 is 0. The highest BCUT2D eigenvalue weighted by molar-refractivity contribution is 5.77. The number of hydrogen-bond donors (Lipinski definition) is 0. The molecule has 1 aromatic heterocycles. The van der Waals surface area contributed by atoms with Gasteiger partial charge in [0, 0.05) is 16.7 Å². The highest BCUT2D eigenvalue weighted by Gasteiger charge is 2.11. The Hall–Kier alpha value is -4.82. The Kier molecular flexibility index (Phi) is 5.91. The van der Waals surface area contributed by atoms with Gasteiger partial charge >= 0.3 is 0 Å². The summed E-state index contributed by atoms with van der Waals surface area (Å²) in [7, 11) is 0. The predicted molar refractivity (Wildman–Crippen MR) is 149 cm³/mol. The molecule has 0 spiro atoms. The third-order valence-corrected chi connectivity index (χ3v) is 6.31. The smallest absolute Gasteiger partial charge is 0.160 e. The monoisotopic (exact) mass is 460 g/mol. The molecule has 0 aliphatic heterocycles. The van der Waals surface area contributed by atoms with Gasteiger partial charge in [0.15, 0.2) is 5.82 Å². The Bertz CT molecular complexity index is 1530. The Morgan fingerprint density at radius 1 is 0.278 bits per heavy atom. The van der Waals surface area contributed by atoms with Gasteiger partial charge < -0.3 is 0 Å². The van der Waals surface area contributed by atoms with E-state index in [1.54, 1.807) is 0 Å². The van der Waals surface area contributed by atoms with Crippen LogP contribution in [0, 0.1) is 0 Å². The quantitative estimate of drug-likeness (QED) is 0.257. The lowest BCUT2D eigenvalue weighted by atomic mass is 9.98. The maximum Gasteiger partial charge on any atom is 0.160 e. The van der Waals surface area contributed by atoms with Gasteiger partial charge in [-0.05, 0) is 34.4 Å². The van der Waals surface area contributed by atoms with E-state index in [2.05, 4.69) is 103 Å². The summed E-state index contributed by atoms with van der Waals surface area (Å²) in [5.41, 5.74) is 9.74. The lowest BCUT2D eigenvalue weighted by Crippen LogP contribution is -1.96. The zero-order chi connectivity index (χ0) is 24.2. The highest BCUT2D eigenvalue weighted by Crippen LogP contribution is 2.31. The molecule has 0 saturated carbocycles. The average Bonchev–Trinajstić information content (AvgIpc) is 2.98. The molecule has 1 heterocycles. The van der Waals surface area contributed by atoms with E-state index in [-0.39, 0.29) is 0 Å². The third-order valence-electron chi connectivity index (χ3n) is 6.31. The summed E-state index contributed by atoms with van der Waals surface area (Å²) in [6.45, 7) is 0. The van der Waals surface area contributed by atoms with Crippen molar-refractivity contribution < 1.29 is 0 Å². The van der Waals surface area contributed by atoms with Crippen molar-refractivity contribution in [2.45, 2.75) is 0 Å². The van der Waals surface area contributed by atoms with Crippen molar-refractivity contribution in [1.82, 2.24) is 9.97 Å². The summed E-state index contributed by atoms with van der Waals surface area (Å²) in [5.74, 6) is 0.726. The lowest BCUT2D eigenvalue weighted by molar-refractivity contribution is 1.18. The molecule has 36 heavy (non-hydrogen) atoms. The van der Waals surface area contributed by atoms with E-state index in [1.807, 2.05) is 42.5 Å². The summed E-state index contributed by atoms with van der Waals surface area (Å²) >= 11 is 0. The molecule has 5 aromatic carbocycles. The van der Waals surface area contributed by atoms with Crippen LogP contribution in [0.15, 0.2) is 146 Å². The van der Waals surface area contributed by atoms with Crippen LogP contribution < -0.4 is 0 Å². The standard InChI is InChI=1S/C34H24N2/c1-4-11-25(12-5-1)26-19-21-27(22-20-26)30-17-10-18-31(23-30)33-24-32(28-13-6-2-7-14-28)35-34(36-33)29-15-8-3-9-16-29/h1-24H. The van der Waals surface area contributed by atoms with Crippen LogP contribution >= 0.6 is 0 Å². The van der Waals surface area contributed by atoms with Crippen LogP contribution in [0.2, 0.25) is 0 Å². The minimum absolute atomic E-state index is 0.726. The molecule has 2 heteroatoms. The van der Waals surface area contributed by atoms with Crippen LogP contribution in [0.5, 0.6) is 0 Å². The van der Waals surface area contributed by atoms with E-state index in [4.69, 9.17) is 9.97 Å². The third kappa shape index (κ3) is 4.57. The van der Waals surface area contributed by atoms with E-state index in [1.165, 1.54) is 16.7 Å². The fourth-order valence-electron chi connectivity index (χ4n) is 4.41. The molecule has 0 aliphatic carbocycles. The second kappa shape index (κ2) is 9.81. The van der Waals surface area contributed by atoms with Crippen molar-refractivity contribution in [2.75, 3.05) is 0 Å². The van der Waals surface area contributed by atoms with Crippen molar-refractivity contribution >= 4 is 0 Å². The first-order valence-electron chi connectivity index (χ1n) is 12.1. The molecular formula is C34H24N2. The molecule has 0 radical (unpaired) electrons. The average molecular weight is 461 g/mol. The Morgan fingerprint density at radius 2 is 0.694 bits per heavy atom. The predicted octanol–water partition coefficient (Wildman–Crippen LogP) is 8.81. The molecular weight excluding hydrogens is 436 g/mol. The maximum absolute atomic E-state index is 4.98.